The molecule has 1 aliphatic carbocycles. The molecule has 0 radical (unpaired) electrons. The van der Waals surface area contributed by atoms with Gasteiger partial charge in [-0.15, -0.1) is 0 Å². The van der Waals surface area contributed by atoms with Gasteiger partial charge < -0.3 is 15.1 Å². The maximum atomic E-state index is 12.4. The molecule has 0 spiro atoms. The molecule has 1 aromatic rings. The van der Waals surface area contributed by atoms with Crippen molar-refractivity contribution < 1.29 is 9.59 Å². The van der Waals surface area contributed by atoms with Crippen molar-refractivity contribution in [3.63, 3.8) is 0 Å². The molecule has 0 aromatic heterocycles. The summed E-state index contributed by atoms with van der Waals surface area (Å²) in [5.74, 6) is 0.447. The van der Waals surface area contributed by atoms with Gasteiger partial charge in [0.15, 0.2) is 0 Å². The van der Waals surface area contributed by atoms with E-state index in [4.69, 9.17) is 16.9 Å². The number of rotatable bonds is 2. The van der Waals surface area contributed by atoms with E-state index in [-0.39, 0.29) is 17.9 Å². The molecule has 126 valence electrons. The number of carbonyl (C=O) groups excluding carboxylic acids is 2. The van der Waals surface area contributed by atoms with E-state index < -0.39 is 0 Å². The Morgan fingerprint density at radius 1 is 1.17 bits per heavy atom. The molecule has 7 heteroatoms. The lowest BCUT2D eigenvalue weighted by Gasteiger charge is -2.22. The predicted octanol–water partition coefficient (Wildman–Crippen LogP) is 2.69. The van der Waals surface area contributed by atoms with Crippen LogP contribution in [0.3, 0.4) is 0 Å². The molecule has 3 rings (SSSR count). The lowest BCUT2D eigenvalue weighted by atomic mass is 10.2. The summed E-state index contributed by atoms with van der Waals surface area (Å²) in [5, 5.41) is 12.0. The summed E-state index contributed by atoms with van der Waals surface area (Å²) in [6, 6.07) is 6.58. The number of benzene rings is 1. The number of amides is 3. The van der Waals surface area contributed by atoms with Gasteiger partial charge in [0.25, 0.3) is 0 Å². The number of hydrogen-bond acceptors (Lipinski definition) is 3. The van der Waals surface area contributed by atoms with Crippen LogP contribution in [-0.2, 0) is 4.79 Å². The monoisotopic (exact) mass is 346 g/mol. The Kier molecular flexibility index (Phi) is 4.91. The first kappa shape index (κ1) is 16.6. The zero-order valence-corrected chi connectivity index (χ0v) is 14.1. The predicted molar refractivity (Wildman–Crippen MR) is 90.7 cm³/mol. The second-order valence-corrected chi connectivity index (χ2v) is 6.58. The van der Waals surface area contributed by atoms with Crippen LogP contribution in [0.25, 0.3) is 0 Å². The molecular weight excluding hydrogens is 328 g/mol. The summed E-state index contributed by atoms with van der Waals surface area (Å²) < 4.78 is 0. The summed E-state index contributed by atoms with van der Waals surface area (Å²) in [7, 11) is 0. The molecule has 2 fully saturated rings. The van der Waals surface area contributed by atoms with E-state index in [1.807, 2.05) is 11.0 Å². The average molecular weight is 347 g/mol. The van der Waals surface area contributed by atoms with Gasteiger partial charge in [-0.3, -0.25) is 4.79 Å². The Morgan fingerprint density at radius 3 is 2.54 bits per heavy atom. The third kappa shape index (κ3) is 3.80. The highest BCUT2D eigenvalue weighted by molar-refractivity contribution is 6.32. The fourth-order valence-electron chi connectivity index (χ4n) is 2.82. The molecule has 0 unspecified atom stereocenters. The molecule has 1 saturated carbocycles. The Hall–Kier alpha value is -2.26. The van der Waals surface area contributed by atoms with E-state index in [1.165, 1.54) is 0 Å². The van der Waals surface area contributed by atoms with Gasteiger partial charge in [-0.25, -0.2) is 4.79 Å². The van der Waals surface area contributed by atoms with Gasteiger partial charge in [-0.2, -0.15) is 5.26 Å². The normalized spacial score (nSPS) is 17.8. The lowest BCUT2D eigenvalue weighted by Crippen LogP contribution is -2.39. The van der Waals surface area contributed by atoms with Crippen molar-refractivity contribution in [3.8, 4) is 6.07 Å². The van der Waals surface area contributed by atoms with Gasteiger partial charge in [0.1, 0.15) is 6.07 Å². The summed E-state index contributed by atoms with van der Waals surface area (Å²) in [6.45, 7) is 2.43. The van der Waals surface area contributed by atoms with Crippen LogP contribution in [0.2, 0.25) is 5.02 Å². The fraction of sp³-hybridized carbons (Fsp3) is 0.471. The van der Waals surface area contributed by atoms with Crippen molar-refractivity contribution in [1.29, 1.82) is 5.26 Å². The summed E-state index contributed by atoms with van der Waals surface area (Å²) in [6.07, 6.45) is 2.78. The number of urea groups is 1. The topological polar surface area (TPSA) is 76.4 Å². The molecule has 1 aliphatic heterocycles. The van der Waals surface area contributed by atoms with Crippen molar-refractivity contribution in [1.82, 2.24) is 9.80 Å². The molecule has 1 saturated heterocycles. The molecule has 0 bridgehead atoms. The van der Waals surface area contributed by atoms with Crippen molar-refractivity contribution in [2.24, 2.45) is 5.92 Å². The van der Waals surface area contributed by atoms with E-state index in [0.29, 0.717) is 42.5 Å². The lowest BCUT2D eigenvalue weighted by molar-refractivity contribution is -0.132. The third-order valence-corrected chi connectivity index (χ3v) is 4.67. The van der Waals surface area contributed by atoms with E-state index in [0.717, 1.165) is 19.3 Å². The van der Waals surface area contributed by atoms with Crippen LogP contribution >= 0.6 is 11.6 Å². The molecule has 24 heavy (non-hydrogen) atoms. The number of halogens is 1. The first-order chi connectivity index (χ1) is 11.6. The maximum Gasteiger partial charge on any atom is 0.321 e. The van der Waals surface area contributed by atoms with Crippen LogP contribution < -0.4 is 5.32 Å². The Balaban J connectivity index is 1.58. The smallest absolute Gasteiger partial charge is 0.321 e. The SMILES string of the molecule is N#Cc1ccc(NC(=O)N2CCCN(C(=O)C3CC3)CC2)cc1Cl. The highest BCUT2D eigenvalue weighted by Crippen LogP contribution is 2.31. The molecule has 6 nitrogen and oxygen atoms in total. The Morgan fingerprint density at radius 2 is 1.88 bits per heavy atom. The van der Waals surface area contributed by atoms with Crippen LogP contribution in [0.1, 0.15) is 24.8 Å². The van der Waals surface area contributed by atoms with Crippen molar-refractivity contribution in [2.75, 3.05) is 31.5 Å². The molecule has 1 heterocycles. The molecular formula is C17H19ClN4O2. The second kappa shape index (κ2) is 7.10. The van der Waals surface area contributed by atoms with E-state index in [2.05, 4.69) is 5.32 Å². The van der Waals surface area contributed by atoms with Gasteiger partial charge in [-0.1, -0.05) is 11.6 Å². The van der Waals surface area contributed by atoms with Crippen LogP contribution in [0.5, 0.6) is 0 Å². The van der Waals surface area contributed by atoms with E-state index >= 15 is 0 Å². The number of carbonyl (C=O) groups is 2. The number of nitrogens with zero attached hydrogens (tertiary/aromatic N) is 3. The van der Waals surface area contributed by atoms with Crippen molar-refractivity contribution in [3.05, 3.63) is 28.8 Å². The first-order valence-electron chi connectivity index (χ1n) is 8.13. The van der Waals surface area contributed by atoms with Gasteiger partial charge in [0, 0.05) is 37.8 Å². The molecule has 3 amide bonds. The maximum absolute atomic E-state index is 12.4. The number of anilines is 1. The Bertz CT molecular complexity index is 696. The third-order valence-electron chi connectivity index (χ3n) is 4.36. The minimum absolute atomic E-state index is 0.212. The zero-order valence-electron chi connectivity index (χ0n) is 13.3. The van der Waals surface area contributed by atoms with Crippen molar-refractivity contribution in [2.45, 2.75) is 19.3 Å². The number of hydrogen-bond donors (Lipinski definition) is 1. The standard InChI is InChI=1S/C17H19ClN4O2/c18-15-10-14(5-4-13(15)11-19)20-17(24)22-7-1-6-21(8-9-22)16(23)12-2-3-12/h4-5,10,12H,1-3,6-9H2,(H,20,24). The molecule has 1 N–H and O–H groups in total. The van der Waals surface area contributed by atoms with Gasteiger partial charge >= 0.3 is 6.03 Å². The van der Waals surface area contributed by atoms with E-state index in [9.17, 15) is 9.59 Å². The van der Waals surface area contributed by atoms with Crippen LogP contribution in [-0.4, -0.2) is 47.9 Å². The van der Waals surface area contributed by atoms with Crippen LogP contribution in [0.4, 0.5) is 10.5 Å². The quantitative estimate of drug-likeness (QED) is 0.894. The van der Waals surface area contributed by atoms with Crippen molar-refractivity contribution >= 4 is 29.2 Å². The van der Waals surface area contributed by atoms with Gasteiger partial charge in [0.2, 0.25) is 5.91 Å². The summed E-state index contributed by atoms with van der Waals surface area (Å²) >= 11 is 5.98. The highest BCUT2D eigenvalue weighted by Gasteiger charge is 2.34. The van der Waals surface area contributed by atoms with Gasteiger partial charge in [-0.05, 0) is 37.5 Å². The zero-order chi connectivity index (χ0) is 17.1. The molecule has 2 aliphatic rings. The average Bonchev–Trinajstić information content (AvgIpc) is 3.41. The minimum Gasteiger partial charge on any atom is -0.341 e. The van der Waals surface area contributed by atoms with Gasteiger partial charge in [0.05, 0.1) is 10.6 Å². The van der Waals surface area contributed by atoms with Crippen LogP contribution in [0.15, 0.2) is 18.2 Å². The molecule has 0 atom stereocenters. The van der Waals surface area contributed by atoms with E-state index in [1.54, 1.807) is 23.1 Å². The minimum atomic E-state index is -0.212. The second-order valence-electron chi connectivity index (χ2n) is 6.18. The largest absolute Gasteiger partial charge is 0.341 e. The first-order valence-corrected chi connectivity index (χ1v) is 8.50. The highest BCUT2D eigenvalue weighted by atomic mass is 35.5. The van der Waals surface area contributed by atoms with Crippen LogP contribution in [0, 0.1) is 17.2 Å². The summed E-state index contributed by atoms with van der Waals surface area (Å²) in [4.78, 5) is 28.1. The molecule has 1 aromatic carbocycles. The Labute approximate surface area is 146 Å². The number of nitrogens with one attached hydrogen (secondary N) is 1. The number of nitriles is 1. The summed E-state index contributed by atoms with van der Waals surface area (Å²) in [5.41, 5.74) is 0.929. The fourth-order valence-corrected chi connectivity index (χ4v) is 3.04.